The van der Waals surface area contributed by atoms with Gasteiger partial charge in [-0.05, 0) is 18.6 Å². The molecule has 156 valence electrons. The molecule has 0 radical (unpaired) electrons. The van der Waals surface area contributed by atoms with Crippen LogP contribution in [0.3, 0.4) is 0 Å². The summed E-state index contributed by atoms with van der Waals surface area (Å²) in [6.45, 7) is 1.77. The fourth-order valence-electron chi connectivity index (χ4n) is 3.83. The fourth-order valence-corrected chi connectivity index (χ4v) is 3.83. The van der Waals surface area contributed by atoms with Crippen molar-refractivity contribution < 1.29 is 14.0 Å². The first-order chi connectivity index (χ1) is 15.0. The molecule has 8 heteroatoms. The molecule has 4 aromatic heterocycles. The molecule has 0 spiro atoms. The third kappa shape index (κ3) is 3.12. The van der Waals surface area contributed by atoms with E-state index in [4.69, 9.17) is 4.52 Å². The molecule has 1 atom stereocenters. The van der Waals surface area contributed by atoms with Gasteiger partial charge in [0.1, 0.15) is 17.2 Å². The van der Waals surface area contributed by atoms with E-state index in [1.54, 1.807) is 54.5 Å². The molecule has 0 aliphatic heterocycles. The predicted molar refractivity (Wildman–Crippen MR) is 113 cm³/mol. The Kier molecular flexibility index (Phi) is 4.44. The molecule has 4 heterocycles. The number of nitrogens with one attached hydrogen (secondary N) is 1. The number of H-pyrrole nitrogens is 1. The first-order valence-electron chi connectivity index (χ1n) is 9.90. The van der Waals surface area contributed by atoms with Gasteiger partial charge >= 0.3 is 0 Å². The van der Waals surface area contributed by atoms with Gasteiger partial charge in [-0.25, -0.2) is 9.37 Å². The van der Waals surface area contributed by atoms with Gasteiger partial charge in [0.25, 0.3) is 0 Å². The first kappa shape index (κ1) is 19.2. The maximum atomic E-state index is 14.4. The molecule has 0 amide bonds. The topological polar surface area (TPSA) is 92.8 Å². The van der Waals surface area contributed by atoms with Crippen LogP contribution in [-0.4, -0.2) is 30.0 Å². The van der Waals surface area contributed by atoms with E-state index in [0.717, 1.165) is 22.1 Å². The number of rotatable bonds is 5. The monoisotopic (exact) mass is 417 g/mol. The van der Waals surface area contributed by atoms with Crippen molar-refractivity contribution in [1.29, 1.82) is 0 Å². The quantitative estimate of drug-likeness (QED) is 0.442. The number of aromatic amines is 1. The van der Waals surface area contributed by atoms with Crippen LogP contribution in [0.15, 0.2) is 65.7 Å². The largest absolute Gasteiger partial charge is 0.377 e. The van der Waals surface area contributed by atoms with Crippen molar-refractivity contribution in [2.24, 2.45) is 7.05 Å². The Morgan fingerprint density at radius 2 is 2.03 bits per heavy atom. The zero-order valence-corrected chi connectivity index (χ0v) is 17.0. The van der Waals surface area contributed by atoms with Crippen LogP contribution in [0.25, 0.3) is 33.4 Å². The van der Waals surface area contributed by atoms with Gasteiger partial charge in [-0.3, -0.25) is 4.68 Å². The second kappa shape index (κ2) is 7.17. The van der Waals surface area contributed by atoms with E-state index in [1.165, 1.54) is 6.07 Å². The van der Waals surface area contributed by atoms with E-state index in [1.807, 2.05) is 19.3 Å². The lowest BCUT2D eigenvalue weighted by Gasteiger charge is -2.24. The summed E-state index contributed by atoms with van der Waals surface area (Å²) in [5.41, 5.74) is 2.39. The third-order valence-electron chi connectivity index (χ3n) is 5.59. The minimum Gasteiger partial charge on any atom is -0.377 e. The van der Waals surface area contributed by atoms with Crippen LogP contribution < -0.4 is 0 Å². The van der Waals surface area contributed by atoms with Crippen LogP contribution in [0.5, 0.6) is 0 Å². The molecule has 0 aliphatic carbocycles. The van der Waals surface area contributed by atoms with Crippen molar-refractivity contribution in [3.05, 3.63) is 78.3 Å². The second-order valence-electron chi connectivity index (χ2n) is 7.50. The van der Waals surface area contributed by atoms with Gasteiger partial charge in [-0.15, -0.1) is 0 Å². The molecule has 0 bridgehead atoms. The molecule has 0 saturated heterocycles. The van der Waals surface area contributed by atoms with Gasteiger partial charge in [-0.1, -0.05) is 30.3 Å². The average Bonchev–Trinajstić information content (AvgIpc) is 3.52. The molecule has 7 nitrogen and oxygen atoms in total. The number of hydrogen-bond acceptors (Lipinski definition) is 5. The number of hydrogen-bond donors (Lipinski definition) is 2. The molecular weight excluding hydrogens is 397 g/mol. The number of aromatic nitrogens is 5. The van der Waals surface area contributed by atoms with Crippen LogP contribution in [0.4, 0.5) is 4.39 Å². The maximum Gasteiger partial charge on any atom is 0.173 e. The summed E-state index contributed by atoms with van der Waals surface area (Å²) >= 11 is 0. The Labute approximate surface area is 177 Å². The lowest BCUT2D eigenvalue weighted by Crippen LogP contribution is -2.27. The molecule has 0 saturated carbocycles. The highest BCUT2D eigenvalue weighted by atomic mass is 19.1. The van der Waals surface area contributed by atoms with E-state index in [0.29, 0.717) is 11.3 Å². The van der Waals surface area contributed by atoms with E-state index in [-0.39, 0.29) is 17.7 Å². The Balaban J connectivity index is 1.59. The van der Waals surface area contributed by atoms with Crippen LogP contribution in [0.2, 0.25) is 0 Å². The smallest absolute Gasteiger partial charge is 0.173 e. The number of halogens is 1. The van der Waals surface area contributed by atoms with E-state index in [2.05, 4.69) is 20.2 Å². The van der Waals surface area contributed by atoms with Crippen LogP contribution in [-0.2, 0) is 12.6 Å². The summed E-state index contributed by atoms with van der Waals surface area (Å²) in [5.74, 6) is -0.317. The summed E-state index contributed by atoms with van der Waals surface area (Å²) in [4.78, 5) is 7.63. The summed E-state index contributed by atoms with van der Waals surface area (Å²) in [5, 5.41) is 20.5. The minimum atomic E-state index is -1.62. The molecule has 5 rings (SSSR count). The number of aryl methyl sites for hydroxylation is 1. The number of benzene rings is 1. The summed E-state index contributed by atoms with van der Waals surface area (Å²) < 4.78 is 21.6. The molecule has 1 aromatic carbocycles. The molecule has 0 aliphatic rings. The van der Waals surface area contributed by atoms with E-state index in [9.17, 15) is 9.50 Å². The number of nitrogens with zero attached hydrogens (tertiary/aromatic N) is 4. The van der Waals surface area contributed by atoms with E-state index < -0.39 is 11.4 Å². The van der Waals surface area contributed by atoms with Crippen LogP contribution in [0.1, 0.15) is 24.7 Å². The van der Waals surface area contributed by atoms with Gasteiger partial charge in [0.15, 0.2) is 11.4 Å². The number of fused-ring (bicyclic) bond motifs is 1. The highest BCUT2D eigenvalue weighted by Crippen LogP contribution is 2.37. The zero-order chi connectivity index (χ0) is 21.6. The average molecular weight is 417 g/mol. The van der Waals surface area contributed by atoms with Crippen molar-refractivity contribution in [2.45, 2.75) is 18.9 Å². The third-order valence-corrected chi connectivity index (χ3v) is 5.59. The van der Waals surface area contributed by atoms with Crippen molar-refractivity contribution in [3.8, 4) is 22.4 Å². The number of pyridine rings is 1. The van der Waals surface area contributed by atoms with Crippen LogP contribution in [0, 0.1) is 5.82 Å². The highest BCUT2D eigenvalue weighted by molar-refractivity contribution is 5.94. The van der Waals surface area contributed by atoms with Crippen LogP contribution >= 0.6 is 0 Å². The number of aliphatic hydroxyl groups is 1. The minimum absolute atomic E-state index is 0.152. The zero-order valence-electron chi connectivity index (χ0n) is 17.0. The maximum absolute atomic E-state index is 14.4. The van der Waals surface area contributed by atoms with Crippen molar-refractivity contribution in [3.63, 3.8) is 0 Å². The lowest BCUT2D eigenvalue weighted by molar-refractivity contribution is 0.0429. The van der Waals surface area contributed by atoms with Gasteiger partial charge in [0, 0.05) is 59.3 Å². The SMILES string of the molecule is CC[C@@](O)(c1cc(-c2c[nH]c3ncc(-c4cnn(C)c4)cc23)no1)c1ccccc1F. The second-order valence-corrected chi connectivity index (χ2v) is 7.50. The fraction of sp³-hybridized carbons (Fsp3) is 0.174. The van der Waals surface area contributed by atoms with Gasteiger partial charge in [0.05, 0.1) is 6.20 Å². The Morgan fingerprint density at radius 3 is 2.77 bits per heavy atom. The van der Waals surface area contributed by atoms with E-state index >= 15 is 0 Å². The van der Waals surface area contributed by atoms with Gasteiger partial charge < -0.3 is 14.6 Å². The molecule has 0 unspecified atom stereocenters. The molecular formula is C23H20FN5O2. The summed E-state index contributed by atoms with van der Waals surface area (Å²) in [6.07, 6.45) is 7.49. The normalized spacial score (nSPS) is 13.5. The molecule has 0 fully saturated rings. The molecule has 31 heavy (non-hydrogen) atoms. The van der Waals surface area contributed by atoms with Gasteiger partial charge in [-0.2, -0.15) is 5.10 Å². The summed E-state index contributed by atoms with van der Waals surface area (Å²) in [7, 11) is 1.86. The Bertz CT molecular complexity index is 1390. The van der Waals surface area contributed by atoms with Gasteiger partial charge in [0.2, 0.25) is 0 Å². The standard InChI is InChI=1S/C23H20FN5O2/c1-3-23(30,18-6-4-5-7-19(18)24)21-9-20(28-31-21)17-12-26-22-16(17)8-14(10-25-22)15-11-27-29(2)13-15/h4-13,30H,3H2,1-2H3,(H,25,26)/t23-/m0/s1. The Morgan fingerprint density at radius 1 is 1.19 bits per heavy atom. The van der Waals surface area contributed by atoms with Crippen molar-refractivity contribution in [1.82, 2.24) is 24.9 Å². The van der Waals surface area contributed by atoms with Crippen molar-refractivity contribution in [2.75, 3.05) is 0 Å². The summed E-state index contributed by atoms with van der Waals surface area (Å²) in [6, 6.07) is 9.79. The Hall–Kier alpha value is -3.78. The lowest BCUT2D eigenvalue weighted by atomic mass is 9.88. The highest BCUT2D eigenvalue weighted by Gasteiger charge is 2.36. The first-order valence-corrected chi connectivity index (χ1v) is 9.90. The van der Waals surface area contributed by atoms with Crippen molar-refractivity contribution >= 4 is 11.0 Å². The predicted octanol–water partition coefficient (Wildman–Crippen LogP) is 4.40. The molecule has 5 aromatic rings. The molecule has 2 N–H and O–H groups in total.